The molecule has 3 heterocycles. The summed E-state index contributed by atoms with van der Waals surface area (Å²) in [7, 11) is -2.15. The number of pyridine rings is 2. The Labute approximate surface area is 227 Å². The van der Waals surface area contributed by atoms with Crippen LogP contribution >= 0.6 is 0 Å². The largest absolute Gasteiger partial charge is 0.478 e. The molecule has 0 saturated heterocycles. The molecular formula is C28H30N4O6S. The van der Waals surface area contributed by atoms with Gasteiger partial charge in [-0.05, 0) is 43.3 Å². The van der Waals surface area contributed by atoms with Crippen LogP contribution in [-0.2, 0) is 16.6 Å². The topological polar surface area (TPSA) is 114 Å². The van der Waals surface area contributed by atoms with Crippen LogP contribution in [-0.4, -0.2) is 68.5 Å². The molecule has 39 heavy (non-hydrogen) atoms. The molecular weight excluding hydrogens is 520 g/mol. The smallest absolute Gasteiger partial charge is 0.266 e. The molecule has 1 aliphatic rings. The van der Waals surface area contributed by atoms with Crippen LogP contribution in [0, 0.1) is 0 Å². The van der Waals surface area contributed by atoms with Gasteiger partial charge in [-0.3, -0.25) is 9.29 Å². The van der Waals surface area contributed by atoms with E-state index in [2.05, 4.69) is 14.9 Å². The number of benzene rings is 2. The van der Waals surface area contributed by atoms with Crippen LogP contribution in [0.1, 0.15) is 12.0 Å². The first-order chi connectivity index (χ1) is 19.0. The van der Waals surface area contributed by atoms with Crippen molar-refractivity contribution in [1.29, 1.82) is 0 Å². The van der Waals surface area contributed by atoms with Crippen molar-refractivity contribution in [1.82, 2.24) is 14.9 Å². The predicted molar refractivity (Wildman–Crippen MR) is 147 cm³/mol. The van der Waals surface area contributed by atoms with Crippen LogP contribution < -0.4 is 18.5 Å². The minimum absolute atomic E-state index is 0.0545. The lowest BCUT2D eigenvalue weighted by Crippen LogP contribution is -2.35. The Morgan fingerprint density at radius 1 is 0.974 bits per heavy atom. The third kappa shape index (κ3) is 5.90. The summed E-state index contributed by atoms with van der Waals surface area (Å²) in [5.41, 5.74) is 1.51. The van der Waals surface area contributed by atoms with Gasteiger partial charge in [-0.2, -0.15) is 0 Å². The molecule has 204 valence electrons. The van der Waals surface area contributed by atoms with Gasteiger partial charge in [0.1, 0.15) is 4.90 Å². The fourth-order valence-corrected chi connectivity index (χ4v) is 6.16. The highest BCUT2D eigenvalue weighted by atomic mass is 32.2. The second kappa shape index (κ2) is 11.9. The summed E-state index contributed by atoms with van der Waals surface area (Å²) in [4.78, 5) is 10.6. The van der Waals surface area contributed by atoms with Gasteiger partial charge in [-0.15, -0.1) is 0 Å². The van der Waals surface area contributed by atoms with Gasteiger partial charge in [0.05, 0.1) is 31.0 Å². The van der Waals surface area contributed by atoms with Gasteiger partial charge in [0, 0.05) is 43.0 Å². The maximum Gasteiger partial charge on any atom is 0.266 e. The molecule has 0 amide bonds. The van der Waals surface area contributed by atoms with Crippen LogP contribution in [0.2, 0.25) is 0 Å². The molecule has 0 fully saturated rings. The fraction of sp³-hybridized carbons (Fsp3) is 0.286. The maximum absolute atomic E-state index is 14.1. The van der Waals surface area contributed by atoms with Gasteiger partial charge >= 0.3 is 0 Å². The van der Waals surface area contributed by atoms with Crippen molar-refractivity contribution in [3.8, 4) is 17.4 Å². The van der Waals surface area contributed by atoms with Crippen LogP contribution in [0.3, 0.4) is 0 Å². The second-order valence-electron chi connectivity index (χ2n) is 9.07. The van der Waals surface area contributed by atoms with E-state index in [1.807, 2.05) is 37.4 Å². The Morgan fingerprint density at radius 3 is 2.56 bits per heavy atom. The normalized spacial score (nSPS) is 12.7. The lowest BCUT2D eigenvalue weighted by molar-refractivity contribution is 0.174. The minimum Gasteiger partial charge on any atom is -0.478 e. The van der Waals surface area contributed by atoms with Crippen LogP contribution in [0.5, 0.6) is 17.4 Å². The third-order valence-corrected chi connectivity index (χ3v) is 8.17. The number of nitrogens with zero attached hydrogens (tertiary/aromatic N) is 4. The molecule has 2 aromatic carbocycles. The number of aliphatic hydroxyl groups excluding tert-OH is 1. The molecule has 0 spiro atoms. The number of aliphatic hydroxyl groups is 1. The van der Waals surface area contributed by atoms with E-state index in [-0.39, 0.29) is 24.8 Å². The Morgan fingerprint density at radius 2 is 1.77 bits per heavy atom. The lowest BCUT2D eigenvalue weighted by atomic mass is 10.1. The summed E-state index contributed by atoms with van der Waals surface area (Å²) in [5, 5.41) is 10.6. The van der Waals surface area contributed by atoms with E-state index in [0.29, 0.717) is 53.7 Å². The van der Waals surface area contributed by atoms with Crippen molar-refractivity contribution in [3.63, 3.8) is 0 Å². The van der Waals surface area contributed by atoms with E-state index >= 15 is 0 Å². The molecule has 1 N–H and O–H groups in total. The molecule has 5 rings (SSSR count). The van der Waals surface area contributed by atoms with Gasteiger partial charge in [0.2, 0.25) is 12.7 Å². The fourth-order valence-electron chi connectivity index (χ4n) is 4.51. The van der Waals surface area contributed by atoms with Crippen molar-refractivity contribution < 1.29 is 27.7 Å². The third-order valence-electron chi connectivity index (χ3n) is 6.32. The van der Waals surface area contributed by atoms with Crippen LogP contribution in [0.4, 0.5) is 5.69 Å². The average Bonchev–Trinajstić information content (AvgIpc) is 3.41. The Hall–Kier alpha value is -3.93. The zero-order valence-corrected chi connectivity index (χ0v) is 22.4. The molecule has 4 aromatic rings. The van der Waals surface area contributed by atoms with Crippen LogP contribution in [0.25, 0.3) is 10.9 Å². The number of ether oxygens (including phenoxy) is 3. The van der Waals surface area contributed by atoms with E-state index in [1.165, 1.54) is 10.4 Å². The maximum atomic E-state index is 14.1. The molecule has 2 aromatic heterocycles. The molecule has 11 heteroatoms. The number of para-hydroxylation sites is 1. The summed E-state index contributed by atoms with van der Waals surface area (Å²) in [6.45, 7) is 1.17. The summed E-state index contributed by atoms with van der Waals surface area (Å²) in [6, 6.07) is 17.6. The van der Waals surface area contributed by atoms with Gasteiger partial charge in [-0.1, -0.05) is 24.3 Å². The summed E-state index contributed by atoms with van der Waals surface area (Å²) >= 11 is 0. The minimum atomic E-state index is -4.10. The van der Waals surface area contributed by atoms with E-state index < -0.39 is 10.0 Å². The van der Waals surface area contributed by atoms with Crippen molar-refractivity contribution in [3.05, 3.63) is 78.6 Å². The summed E-state index contributed by atoms with van der Waals surface area (Å²) in [5.74, 6) is 1.58. The number of fused-ring (bicyclic) bond motifs is 2. The highest BCUT2D eigenvalue weighted by Gasteiger charge is 2.31. The second-order valence-corrected chi connectivity index (χ2v) is 10.9. The number of hydrogen-bond acceptors (Lipinski definition) is 9. The van der Waals surface area contributed by atoms with Crippen LogP contribution in [0.15, 0.2) is 78.0 Å². The average molecular weight is 551 g/mol. The first-order valence-electron chi connectivity index (χ1n) is 12.6. The lowest BCUT2D eigenvalue weighted by Gasteiger charge is -2.28. The number of hydrogen-bond donors (Lipinski definition) is 1. The Kier molecular flexibility index (Phi) is 8.10. The standard InChI is InChI=1S/C28H30N4O6S/c1-31(13-6-16-36-27-10-2-3-11-29-27)19-22-17-24-25(38-20-37-24)18-23(22)32(14-15-33)39(34,35)26-9-4-7-21-8-5-12-30-28(21)26/h2-5,7-12,17-18,33H,6,13-16,19-20H2,1H3. The van der Waals surface area contributed by atoms with E-state index in [9.17, 15) is 13.5 Å². The molecule has 10 nitrogen and oxygen atoms in total. The van der Waals surface area contributed by atoms with Crippen molar-refractivity contribution in [2.24, 2.45) is 0 Å². The van der Waals surface area contributed by atoms with Gasteiger partial charge in [-0.25, -0.2) is 13.4 Å². The molecule has 0 unspecified atom stereocenters. The zero-order valence-electron chi connectivity index (χ0n) is 21.6. The highest BCUT2D eigenvalue weighted by Crippen LogP contribution is 2.41. The Bertz CT molecular complexity index is 1530. The predicted octanol–water partition coefficient (Wildman–Crippen LogP) is 3.45. The molecule has 0 atom stereocenters. The summed E-state index contributed by atoms with van der Waals surface area (Å²) < 4.78 is 46.3. The first kappa shape index (κ1) is 26.7. The van der Waals surface area contributed by atoms with E-state index in [0.717, 1.165) is 12.0 Å². The zero-order chi connectivity index (χ0) is 27.2. The first-order valence-corrected chi connectivity index (χ1v) is 14.0. The SMILES string of the molecule is CN(CCCOc1ccccn1)Cc1cc2c(cc1N(CCO)S(=O)(=O)c1cccc3cccnc13)OCO2. The number of sulfonamides is 1. The molecule has 0 saturated carbocycles. The molecule has 1 aliphatic heterocycles. The number of aromatic nitrogens is 2. The monoisotopic (exact) mass is 550 g/mol. The van der Waals surface area contributed by atoms with Gasteiger partial charge in [0.15, 0.2) is 11.5 Å². The Balaban J connectivity index is 1.42. The summed E-state index contributed by atoms with van der Waals surface area (Å²) in [6.07, 6.45) is 3.99. The van der Waals surface area contributed by atoms with Gasteiger partial charge < -0.3 is 24.2 Å². The molecule has 0 aliphatic carbocycles. The molecule has 0 radical (unpaired) electrons. The quantitative estimate of drug-likeness (QED) is 0.265. The number of rotatable bonds is 12. The van der Waals surface area contributed by atoms with Crippen molar-refractivity contribution in [2.75, 3.05) is 44.4 Å². The van der Waals surface area contributed by atoms with Crippen molar-refractivity contribution >= 4 is 26.6 Å². The van der Waals surface area contributed by atoms with E-state index in [4.69, 9.17) is 14.2 Å². The van der Waals surface area contributed by atoms with Gasteiger partial charge in [0.25, 0.3) is 10.0 Å². The highest BCUT2D eigenvalue weighted by molar-refractivity contribution is 7.93. The molecule has 0 bridgehead atoms. The van der Waals surface area contributed by atoms with Crippen molar-refractivity contribution in [2.45, 2.75) is 17.9 Å². The number of anilines is 1. The van der Waals surface area contributed by atoms with E-state index in [1.54, 1.807) is 36.7 Å².